The molecule has 3 rings (SSSR count). The second-order valence-electron chi connectivity index (χ2n) is 3.42. The maximum Gasteiger partial charge on any atom is 0.154 e. The molecule has 3 heterocycles. The predicted octanol–water partition coefficient (Wildman–Crippen LogP) is 3.21. The highest BCUT2D eigenvalue weighted by Gasteiger charge is 2.08. The van der Waals surface area contributed by atoms with E-state index in [2.05, 4.69) is 31.0 Å². The molecule has 0 atom stereocenters. The molecule has 0 aromatic carbocycles. The molecule has 0 aliphatic carbocycles. The van der Waals surface area contributed by atoms with Gasteiger partial charge in [0.2, 0.25) is 0 Å². The van der Waals surface area contributed by atoms with Crippen molar-refractivity contribution in [3.8, 4) is 11.4 Å². The summed E-state index contributed by atoms with van der Waals surface area (Å²) in [6.07, 6.45) is 1.73. The van der Waals surface area contributed by atoms with Crippen LogP contribution in [0.5, 0.6) is 0 Å². The standard InChI is InChI=1S/C11H6BrClN4/c12-9-3-1-2-7(15-9)8-6-14-11-5-4-10(13)16-17(8)11/h1-6H. The summed E-state index contributed by atoms with van der Waals surface area (Å²) >= 11 is 9.22. The van der Waals surface area contributed by atoms with Crippen molar-refractivity contribution in [3.05, 3.63) is 46.3 Å². The van der Waals surface area contributed by atoms with Gasteiger partial charge in [0, 0.05) is 0 Å². The van der Waals surface area contributed by atoms with E-state index >= 15 is 0 Å². The maximum absolute atomic E-state index is 5.88. The van der Waals surface area contributed by atoms with Crippen molar-refractivity contribution in [2.24, 2.45) is 0 Å². The smallest absolute Gasteiger partial charge is 0.154 e. The van der Waals surface area contributed by atoms with Crippen LogP contribution in [-0.2, 0) is 0 Å². The number of aromatic nitrogens is 4. The molecule has 0 saturated heterocycles. The lowest BCUT2D eigenvalue weighted by molar-refractivity contribution is 0.938. The van der Waals surface area contributed by atoms with Crippen molar-refractivity contribution < 1.29 is 0 Å². The van der Waals surface area contributed by atoms with Gasteiger partial charge >= 0.3 is 0 Å². The van der Waals surface area contributed by atoms with Crippen molar-refractivity contribution in [1.29, 1.82) is 0 Å². The summed E-state index contributed by atoms with van der Waals surface area (Å²) in [4.78, 5) is 8.62. The predicted molar refractivity (Wildman–Crippen MR) is 68.9 cm³/mol. The summed E-state index contributed by atoms with van der Waals surface area (Å²) in [7, 11) is 0. The fourth-order valence-corrected chi connectivity index (χ4v) is 2.06. The quantitative estimate of drug-likeness (QED) is 0.648. The second-order valence-corrected chi connectivity index (χ2v) is 4.61. The van der Waals surface area contributed by atoms with E-state index in [1.807, 2.05) is 24.3 Å². The largest absolute Gasteiger partial charge is 0.239 e. The number of imidazole rings is 1. The van der Waals surface area contributed by atoms with E-state index in [9.17, 15) is 0 Å². The Kier molecular flexibility index (Phi) is 2.57. The third kappa shape index (κ3) is 1.92. The van der Waals surface area contributed by atoms with E-state index in [1.54, 1.807) is 16.8 Å². The van der Waals surface area contributed by atoms with Crippen LogP contribution < -0.4 is 0 Å². The molecule has 0 bridgehead atoms. The summed E-state index contributed by atoms with van der Waals surface area (Å²) in [5.74, 6) is 0. The average molecular weight is 310 g/mol. The van der Waals surface area contributed by atoms with Gasteiger partial charge in [0.25, 0.3) is 0 Å². The van der Waals surface area contributed by atoms with Gasteiger partial charge < -0.3 is 0 Å². The van der Waals surface area contributed by atoms with Crippen LogP contribution in [0.25, 0.3) is 17.0 Å². The molecule has 0 aliphatic rings. The first-order valence-electron chi connectivity index (χ1n) is 4.87. The van der Waals surface area contributed by atoms with Crippen molar-refractivity contribution in [2.45, 2.75) is 0 Å². The summed E-state index contributed by atoms with van der Waals surface area (Å²) in [5, 5.41) is 4.63. The Balaban J connectivity index is 2.27. The van der Waals surface area contributed by atoms with Crippen LogP contribution in [-0.4, -0.2) is 19.6 Å². The zero-order chi connectivity index (χ0) is 11.8. The first-order chi connectivity index (χ1) is 8.24. The zero-order valence-corrected chi connectivity index (χ0v) is 10.9. The Morgan fingerprint density at radius 1 is 1.18 bits per heavy atom. The molecule has 6 heteroatoms. The van der Waals surface area contributed by atoms with Gasteiger partial charge in [0.1, 0.15) is 15.5 Å². The van der Waals surface area contributed by atoms with Gasteiger partial charge in [-0.25, -0.2) is 14.5 Å². The third-order valence-corrected chi connectivity index (χ3v) is 2.95. The Morgan fingerprint density at radius 2 is 2.06 bits per heavy atom. The van der Waals surface area contributed by atoms with E-state index in [0.717, 1.165) is 21.6 Å². The molecular formula is C11H6BrClN4. The van der Waals surface area contributed by atoms with Crippen LogP contribution in [0.3, 0.4) is 0 Å². The number of pyridine rings is 1. The fourth-order valence-electron chi connectivity index (χ4n) is 1.58. The molecule has 3 aromatic heterocycles. The highest BCUT2D eigenvalue weighted by atomic mass is 79.9. The highest BCUT2D eigenvalue weighted by Crippen LogP contribution is 2.20. The van der Waals surface area contributed by atoms with E-state index in [-0.39, 0.29) is 0 Å². The topological polar surface area (TPSA) is 43.1 Å². The fraction of sp³-hybridized carbons (Fsp3) is 0. The lowest BCUT2D eigenvalue weighted by Gasteiger charge is -2.00. The number of nitrogens with zero attached hydrogens (tertiary/aromatic N) is 4. The van der Waals surface area contributed by atoms with E-state index in [0.29, 0.717) is 5.15 Å². The number of halogens is 2. The Hall–Kier alpha value is -1.46. The van der Waals surface area contributed by atoms with Crippen LogP contribution in [0.4, 0.5) is 0 Å². The molecule has 3 aromatic rings. The van der Waals surface area contributed by atoms with Gasteiger partial charge in [-0.05, 0) is 40.2 Å². The summed E-state index contributed by atoms with van der Waals surface area (Å²) in [6, 6.07) is 9.21. The summed E-state index contributed by atoms with van der Waals surface area (Å²) in [6.45, 7) is 0. The van der Waals surface area contributed by atoms with Crippen LogP contribution in [0.1, 0.15) is 0 Å². The van der Waals surface area contributed by atoms with Gasteiger partial charge in [0.05, 0.1) is 11.9 Å². The summed E-state index contributed by atoms with van der Waals surface area (Å²) < 4.78 is 2.45. The molecule has 0 fully saturated rings. The number of hydrogen-bond donors (Lipinski definition) is 0. The second kappa shape index (κ2) is 4.09. The Bertz CT molecular complexity index is 695. The lowest BCUT2D eigenvalue weighted by Crippen LogP contribution is -1.95. The first kappa shape index (κ1) is 10.7. The molecule has 0 radical (unpaired) electrons. The minimum atomic E-state index is 0.423. The first-order valence-corrected chi connectivity index (χ1v) is 6.04. The van der Waals surface area contributed by atoms with Gasteiger partial charge in [-0.2, -0.15) is 5.10 Å². The minimum absolute atomic E-state index is 0.423. The van der Waals surface area contributed by atoms with Gasteiger partial charge in [-0.1, -0.05) is 17.7 Å². The molecule has 0 amide bonds. The Labute approximate surface area is 110 Å². The molecule has 0 N–H and O–H groups in total. The molecule has 17 heavy (non-hydrogen) atoms. The molecular weight excluding hydrogens is 304 g/mol. The van der Waals surface area contributed by atoms with Gasteiger partial charge in [-0.3, -0.25) is 0 Å². The van der Waals surface area contributed by atoms with Crippen LogP contribution >= 0.6 is 27.5 Å². The van der Waals surface area contributed by atoms with E-state index in [1.165, 1.54) is 0 Å². The van der Waals surface area contributed by atoms with Crippen LogP contribution in [0.15, 0.2) is 41.1 Å². The lowest BCUT2D eigenvalue weighted by atomic mass is 10.3. The normalized spacial score (nSPS) is 10.9. The minimum Gasteiger partial charge on any atom is -0.239 e. The number of hydrogen-bond acceptors (Lipinski definition) is 3. The van der Waals surface area contributed by atoms with Gasteiger partial charge in [0.15, 0.2) is 5.65 Å². The molecule has 84 valence electrons. The Morgan fingerprint density at radius 3 is 2.88 bits per heavy atom. The highest BCUT2D eigenvalue weighted by molar-refractivity contribution is 9.10. The van der Waals surface area contributed by atoms with Crippen LogP contribution in [0, 0.1) is 0 Å². The van der Waals surface area contributed by atoms with Crippen LogP contribution in [0.2, 0.25) is 5.15 Å². The average Bonchev–Trinajstić information content (AvgIpc) is 2.71. The third-order valence-electron chi connectivity index (χ3n) is 2.31. The van der Waals surface area contributed by atoms with Crippen molar-refractivity contribution in [1.82, 2.24) is 19.6 Å². The SMILES string of the molecule is Clc1ccc2ncc(-c3cccc(Br)n3)n2n1. The maximum atomic E-state index is 5.88. The van der Waals surface area contributed by atoms with Gasteiger partial charge in [-0.15, -0.1) is 0 Å². The molecule has 0 saturated carbocycles. The summed E-state index contributed by atoms with van der Waals surface area (Å²) in [5.41, 5.74) is 2.34. The van der Waals surface area contributed by atoms with E-state index in [4.69, 9.17) is 11.6 Å². The van der Waals surface area contributed by atoms with E-state index < -0.39 is 0 Å². The number of fused-ring (bicyclic) bond motifs is 1. The zero-order valence-electron chi connectivity index (χ0n) is 8.51. The molecule has 0 spiro atoms. The van der Waals surface area contributed by atoms with Crippen molar-refractivity contribution in [2.75, 3.05) is 0 Å². The monoisotopic (exact) mass is 308 g/mol. The van der Waals surface area contributed by atoms with Crippen molar-refractivity contribution in [3.63, 3.8) is 0 Å². The van der Waals surface area contributed by atoms with Crippen molar-refractivity contribution >= 4 is 33.2 Å². The number of rotatable bonds is 1. The molecule has 0 aliphatic heterocycles. The molecule has 4 nitrogen and oxygen atoms in total. The molecule has 0 unspecified atom stereocenters.